The third-order valence-electron chi connectivity index (χ3n) is 9.19. The van der Waals surface area contributed by atoms with E-state index in [0.29, 0.717) is 5.92 Å². The predicted molar refractivity (Wildman–Crippen MR) is 152 cm³/mol. The lowest BCUT2D eigenvalue weighted by Gasteiger charge is -2.32. The minimum atomic E-state index is -0.364. The van der Waals surface area contributed by atoms with Gasteiger partial charge in [-0.3, -0.25) is 0 Å². The van der Waals surface area contributed by atoms with Crippen molar-refractivity contribution in [3.63, 3.8) is 0 Å². The molecule has 1 unspecified atom stereocenters. The molecule has 0 spiro atoms. The Morgan fingerprint density at radius 3 is 1.72 bits per heavy atom. The van der Waals surface area contributed by atoms with Gasteiger partial charge in [-0.1, -0.05) is 69.9 Å². The molecule has 36 heavy (non-hydrogen) atoms. The molecular formula is C30H46B2O4. The summed E-state index contributed by atoms with van der Waals surface area (Å²) in [4.78, 5) is 0. The molecule has 2 aromatic rings. The maximum Gasteiger partial charge on any atom is 0.494 e. The van der Waals surface area contributed by atoms with E-state index in [4.69, 9.17) is 18.6 Å². The van der Waals surface area contributed by atoms with Crippen molar-refractivity contribution in [1.82, 2.24) is 0 Å². The van der Waals surface area contributed by atoms with Crippen LogP contribution in [0.2, 0.25) is 0 Å². The first-order chi connectivity index (χ1) is 16.7. The first kappa shape index (κ1) is 27.7. The minimum absolute atomic E-state index is 0.358. The molecule has 0 N–H and O–H groups in total. The summed E-state index contributed by atoms with van der Waals surface area (Å²) in [6.07, 6.45) is 5.99. The van der Waals surface area contributed by atoms with Gasteiger partial charge >= 0.3 is 14.2 Å². The number of rotatable bonds is 8. The van der Waals surface area contributed by atoms with Gasteiger partial charge in [0.05, 0.1) is 22.4 Å². The Bertz CT molecular complexity index is 1060. The Kier molecular flexibility index (Phi) is 7.51. The Balaban J connectivity index is 1.75. The number of benzene rings is 2. The Hall–Kier alpha value is -1.33. The standard InChI is InChI=1S/C30H46B2O4/c1-11-13-14-21(12-2)17-23-19-25(32-35-29(7,8)30(9,10)36-32)18-22-15-16-24(20-26(22)23)31-33-27(3,4)28(5,6)34-31/h15-16,18-21H,11-14,17H2,1-10H3. The quantitative estimate of drug-likeness (QED) is 0.412. The van der Waals surface area contributed by atoms with Crippen LogP contribution in [0.4, 0.5) is 0 Å². The lowest BCUT2D eigenvalue weighted by atomic mass is 9.74. The van der Waals surface area contributed by atoms with Crippen molar-refractivity contribution in [2.24, 2.45) is 5.92 Å². The fourth-order valence-electron chi connectivity index (χ4n) is 5.14. The third kappa shape index (κ3) is 5.16. The van der Waals surface area contributed by atoms with Crippen LogP contribution in [0.3, 0.4) is 0 Å². The zero-order valence-corrected chi connectivity index (χ0v) is 24.3. The van der Waals surface area contributed by atoms with Crippen molar-refractivity contribution >= 4 is 35.9 Å². The molecule has 2 fully saturated rings. The van der Waals surface area contributed by atoms with Crippen LogP contribution in [0.1, 0.15) is 100 Å². The molecule has 4 nitrogen and oxygen atoms in total. The van der Waals surface area contributed by atoms with E-state index in [1.807, 2.05) is 0 Å². The minimum Gasteiger partial charge on any atom is -0.399 e. The molecule has 2 aliphatic rings. The Morgan fingerprint density at radius 1 is 0.694 bits per heavy atom. The summed E-state index contributed by atoms with van der Waals surface area (Å²) >= 11 is 0. The van der Waals surface area contributed by atoms with Crippen LogP contribution < -0.4 is 10.9 Å². The second kappa shape index (κ2) is 9.76. The molecule has 2 heterocycles. The van der Waals surface area contributed by atoms with Gasteiger partial charge in [0.2, 0.25) is 0 Å². The van der Waals surface area contributed by atoms with E-state index < -0.39 is 0 Å². The van der Waals surface area contributed by atoms with Crippen LogP contribution in [0, 0.1) is 5.92 Å². The average Bonchev–Trinajstić information content (AvgIpc) is 3.15. The molecule has 0 radical (unpaired) electrons. The maximum atomic E-state index is 6.44. The molecule has 0 amide bonds. The summed E-state index contributed by atoms with van der Waals surface area (Å²) < 4.78 is 25.6. The van der Waals surface area contributed by atoms with Crippen molar-refractivity contribution < 1.29 is 18.6 Å². The smallest absolute Gasteiger partial charge is 0.399 e. The number of hydrogen-bond donors (Lipinski definition) is 0. The molecule has 4 rings (SSSR count). The van der Waals surface area contributed by atoms with Crippen molar-refractivity contribution in [2.45, 2.75) is 124 Å². The summed E-state index contributed by atoms with van der Waals surface area (Å²) in [5.74, 6) is 0.655. The summed E-state index contributed by atoms with van der Waals surface area (Å²) in [6.45, 7) is 21.5. The van der Waals surface area contributed by atoms with Gasteiger partial charge < -0.3 is 18.6 Å². The molecule has 0 saturated carbocycles. The van der Waals surface area contributed by atoms with Crippen LogP contribution in [-0.2, 0) is 25.0 Å². The number of hydrogen-bond acceptors (Lipinski definition) is 4. The predicted octanol–water partition coefficient (Wildman–Crippen LogP) is 6.20. The van der Waals surface area contributed by atoms with Gasteiger partial charge in [-0.05, 0) is 95.0 Å². The Labute approximate surface area is 220 Å². The highest BCUT2D eigenvalue weighted by Crippen LogP contribution is 2.38. The molecule has 1 atom stereocenters. The first-order valence-electron chi connectivity index (χ1n) is 14.0. The largest absolute Gasteiger partial charge is 0.494 e. The van der Waals surface area contributed by atoms with Crippen LogP contribution in [0.25, 0.3) is 10.8 Å². The van der Waals surface area contributed by atoms with E-state index in [1.165, 1.54) is 42.0 Å². The number of fused-ring (bicyclic) bond motifs is 1. The third-order valence-corrected chi connectivity index (χ3v) is 9.19. The highest BCUT2D eigenvalue weighted by molar-refractivity contribution is 6.63. The zero-order valence-electron chi connectivity index (χ0n) is 24.3. The van der Waals surface area contributed by atoms with Crippen LogP contribution in [-0.4, -0.2) is 36.6 Å². The molecule has 2 saturated heterocycles. The van der Waals surface area contributed by atoms with E-state index in [9.17, 15) is 0 Å². The van der Waals surface area contributed by atoms with E-state index in [2.05, 4.69) is 99.6 Å². The maximum absolute atomic E-state index is 6.44. The average molecular weight is 492 g/mol. The van der Waals surface area contributed by atoms with Gasteiger partial charge in [-0.25, -0.2) is 0 Å². The van der Waals surface area contributed by atoms with Crippen molar-refractivity contribution in [3.05, 3.63) is 35.9 Å². The molecule has 6 heteroatoms. The summed E-state index contributed by atoms with van der Waals surface area (Å²) in [7, 11) is -0.728. The van der Waals surface area contributed by atoms with Crippen molar-refractivity contribution in [1.29, 1.82) is 0 Å². The normalized spacial score (nSPS) is 22.9. The molecular weight excluding hydrogens is 446 g/mol. The zero-order chi connectivity index (χ0) is 26.5. The SMILES string of the molecule is CCCCC(CC)Cc1cc(B2OC(C)(C)C(C)(C)O2)cc2ccc(B3OC(C)(C)C(C)(C)O3)cc12. The Morgan fingerprint density at radius 2 is 1.22 bits per heavy atom. The molecule has 0 aromatic heterocycles. The van der Waals surface area contributed by atoms with E-state index in [0.717, 1.165) is 17.3 Å². The fraction of sp³-hybridized carbons (Fsp3) is 0.667. The van der Waals surface area contributed by atoms with Gasteiger partial charge in [-0.15, -0.1) is 0 Å². The molecule has 2 aliphatic heterocycles. The summed E-state index contributed by atoms with van der Waals surface area (Å²) in [5.41, 5.74) is 2.10. The molecule has 2 aromatic carbocycles. The van der Waals surface area contributed by atoms with Gasteiger partial charge in [0.15, 0.2) is 0 Å². The van der Waals surface area contributed by atoms with Crippen LogP contribution >= 0.6 is 0 Å². The molecule has 0 aliphatic carbocycles. The van der Waals surface area contributed by atoms with E-state index in [1.54, 1.807) is 0 Å². The van der Waals surface area contributed by atoms with Gasteiger partial charge in [0, 0.05) is 0 Å². The highest BCUT2D eigenvalue weighted by atomic mass is 16.7. The lowest BCUT2D eigenvalue weighted by molar-refractivity contribution is 0.00578. The lowest BCUT2D eigenvalue weighted by Crippen LogP contribution is -2.41. The monoisotopic (exact) mass is 492 g/mol. The topological polar surface area (TPSA) is 36.9 Å². The van der Waals surface area contributed by atoms with E-state index >= 15 is 0 Å². The fourth-order valence-corrected chi connectivity index (χ4v) is 5.14. The van der Waals surface area contributed by atoms with Crippen LogP contribution in [0.5, 0.6) is 0 Å². The second-order valence-corrected chi connectivity index (χ2v) is 13.0. The summed E-state index contributed by atoms with van der Waals surface area (Å²) in [5, 5.41) is 2.49. The summed E-state index contributed by atoms with van der Waals surface area (Å²) in [6, 6.07) is 11.2. The first-order valence-corrected chi connectivity index (χ1v) is 14.0. The highest BCUT2D eigenvalue weighted by Gasteiger charge is 2.53. The van der Waals surface area contributed by atoms with Crippen molar-refractivity contribution in [2.75, 3.05) is 0 Å². The second-order valence-electron chi connectivity index (χ2n) is 13.0. The molecule has 0 bridgehead atoms. The molecule has 196 valence electrons. The number of unbranched alkanes of at least 4 members (excludes halogenated alkanes) is 1. The van der Waals surface area contributed by atoms with Crippen LogP contribution in [0.15, 0.2) is 30.3 Å². The van der Waals surface area contributed by atoms with Gasteiger partial charge in [0.1, 0.15) is 0 Å². The van der Waals surface area contributed by atoms with Gasteiger partial charge in [0.25, 0.3) is 0 Å². The van der Waals surface area contributed by atoms with Gasteiger partial charge in [-0.2, -0.15) is 0 Å². The van der Waals surface area contributed by atoms with Crippen molar-refractivity contribution in [3.8, 4) is 0 Å². The van der Waals surface area contributed by atoms with E-state index in [-0.39, 0.29) is 36.6 Å².